The smallest absolute Gasteiger partial charge is 0.367 e. The van der Waals surface area contributed by atoms with Crippen molar-refractivity contribution in [3.63, 3.8) is 0 Å². The van der Waals surface area contributed by atoms with E-state index in [1.165, 1.54) is 25.9 Å². The van der Waals surface area contributed by atoms with Gasteiger partial charge in [0.1, 0.15) is 12.6 Å². The summed E-state index contributed by atoms with van der Waals surface area (Å²) in [6.45, 7) is 3.77. The number of amides is 1. The molecule has 1 amide bonds. The van der Waals surface area contributed by atoms with E-state index in [9.17, 15) is 34.8 Å². The van der Waals surface area contributed by atoms with Crippen LogP contribution in [0.15, 0.2) is 0 Å². The first-order valence-corrected chi connectivity index (χ1v) is 10.4. The van der Waals surface area contributed by atoms with Crippen molar-refractivity contribution < 1.29 is 49.0 Å². The minimum atomic E-state index is -2.60. The lowest BCUT2D eigenvalue weighted by molar-refractivity contribution is -0.297. The lowest BCUT2D eigenvalue weighted by Crippen LogP contribution is -2.59. The standard InChI is InChI=1S/C20H36N2O10/c1-10(2)17(21)18(27)30-8-12(24)6-14-16(11(3)23)13(25)7-20(29,32-14)19(28)31-9-15(26)22(4)5/h10-14,16-17,23-25,29H,6-9,21H2,1-5H3/t11-,12+,13?,14?,16?,17+,20?/m1/s1. The fraction of sp³-hybridized carbons (Fsp3) is 0.850. The second kappa shape index (κ2) is 11.9. The van der Waals surface area contributed by atoms with Gasteiger partial charge in [0.2, 0.25) is 0 Å². The maximum Gasteiger partial charge on any atom is 0.367 e. The van der Waals surface area contributed by atoms with Gasteiger partial charge in [-0.05, 0) is 12.8 Å². The number of esters is 2. The van der Waals surface area contributed by atoms with Crippen LogP contribution in [0.4, 0.5) is 0 Å². The monoisotopic (exact) mass is 464 g/mol. The van der Waals surface area contributed by atoms with Gasteiger partial charge < -0.3 is 45.3 Å². The molecular weight excluding hydrogens is 428 g/mol. The molecule has 0 bridgehead atoms. The van der Waals surface area contributed by atoms with Crippen LogP contribution < -0.4 is 5.73 Å². The Kier molecular flexibility index (Phi) is 10.5. The molecule has 0 saturated carbocycles. The second-order valence-corrected chi connectivity index (χ2v) is 8.68. The van der Waals surface area contributed by atoms with Crippen molar-refractivity contribution in [2.24, 2.45) is 17.6 Å². The molecule has 1 rings (SSSR count). The number of carbonyl (C=O) groups excluding carboxylic acids is 3. The largest absolute Gasteiger partial charge is 0.462 e. The molecule has 0 spiro atoms. The van der Waals surface area contributed by atoms with E-state index < -0.39 is 79.6 Å². The van der Waals surface area contributed by atoms with Crippen molar-refractivity contribution in [2.75, 3.05) is 27.3 Å². The highest BCUT2D eigenvalue weighted by Crippen LogP contribution is 2.36. The van der Waals surface area contributed by atoms with Gasteiger partial charge in [0.05, 0.1) is 24.4 Å². The molecule has 12 nitrogen and oxygen atoms in total. The first kappa shape index (κ1) is 28.2. The molecule has 6 N–H and O–H groups in total. The van der Waals surface area contributed by atoms with E-state index in [1.54, 1.807) is 13.8 Å². The molecule has 0 aromatic carbocycles. The Balaban J connectivity index is 2.85. The topological polar surface area (TPSA) is 189 Å². The van der Waals surface area contributed by atoms with Crippen molar-refractivity contribution in [3.8, 4) is 0 Å². The van der Waals surface area contributed by atoms with Gasteiger partial charge in [-0.15, -0.1) is 0 Å². The zero-order chi connectivity index (χ0) is 24.8. The minimum Gasteiger partial charge on any atom is -0.462 e. The van der Waals surface area contributed by atoms with Crippen molar-refractivity contribution in [3.05, 3.63) is 0 Å². The zero-order valence-electron chi connectivity index (χ0n) is 19.1. The molecule has 1 aliphatic rings. The van der Waals surface area contributed by atoms with Gasteiger partial charge in [0, 0.05) is 32.9 Å². The van der Waals surface area contributed by atoms with Crippen LogP contribution >= 0.6 is 0 Å². The van der Waals surface area contributed by atoms with Crippen molar-refractivity contribution >= 4 is 17.8 Å². The highest BCUT2D eigenvalue weighted by molar-refractivity contribution is 5.83. The third-order valence-electron chi connectivity index (χ3n) is 5.32. The summed E-state index contributed by atoms with van der Waals surface area (Å²) in [5.74, 6) is -6.26. The van der Waals surface area contributed by atoms with E-state index in [4.69, 9.17) is 19.9 Å². The number of aliphatic hydroxyl groups excluding tert-OH is 3. The Morgan fingerprint density at radius 1 is 1.19 bits per heavy atom. The molecule has 0 aromatic heterocycles. The number of hydrogen-bond acceptors (Lipinski definition) is 11. The van der Waals surface area contributed by atoms with E-state index in [0.29, 0.717) is 0 Å². The van der Waals surface area contributed by atoms with E-state index >= 15 is 0 Å². The molecule has 0 aliphatic carbocycles. The van der Waals surface area contributed by atoms with E-state index in [1.807, 2.05) is 0 Å². The van der Waals surface area contributed by atoms with Crippen molar-refractivity contribution in [1.29, 1.82) is 0 Å². The normalized spacial score (nSPS) is 28.5. The fourth-order valence-electron chi connectivity index (χ4n) is 3.27. The Morgan fingerprint density at radius 3 is 2.28 bits per heavy atom. The van der Waals surface area contributed by atoms with Gasteiger partial charge >= 0.3 is 11.9 Å². The SMILES string of the molecule is CC(C)[C@H](N)C(=O)OC[C@@H](O)CC1OC(O)(C(=O)OCC(=O)N(C)C)CC(O)C1[C@@H](C)O. The molecule has 1 fully saturated rings. The predicted octanol–water partition coefficient (Wildman–Crippen LogP) is -2.27. The van der Waals surface area contributed by atoms with Crippen LogP contribution in [0.25, 0.3) is 0 Å². The average Bonchev–Trinajstić information content (AvgIpc) is 2.68. The third kappa shape index (κ3) is 7.64. The number of rotatable bonds is 10. The maximum atomic E-state index is 12.4. The van der Waals surface area contributed by atoms with Crippen LogP contribution in [0.5, 0.6) is 0 Å². The molecule has 0 radical (unpaired) electrons. The molecular formula is C20H36N2O10. The quantitative estimate of drug-likeness (QED) is 0.219. The molecule has 7 atom stereocenters. The Morgan fingerprint density at radius 2 is 1.78 bits per heavy atom. The van der Waals surface area contributed by atoms with Crippen molar-refractivity contribution in [1.82, 2.24) is 4.90 Å². The van der Waals surface area contributed by atoms with Gasteiger partial charge in [-0.2, -0.15) is 0 Å². The van der Waals surface area contributed by atoms with Gasteiger partial charge in [-0.1, -0.05) is 13.8 Å². The number of ether oxygens (including phenoxy) is 3. The summed E-state index contributed by atoms with van der Waals surface area (Å²) in [5, 5.41) is 41.5. The minimum absolute atomic E-state index is 0.170. The number of aliphatic hydroxyl groups is 4. The number of likely N-dealkylation sites (N-methyl/N-ethyl adjacent to an activating group) is 1. The first-order chi connectivity index (χ1) is 14.7. The van der Waals surface area contributed by atoms with E-state index in [2.05, 4.69) is 0 Å². The van der Waals surface area contributed by atoms with Crippen molar-refractivity contribution in [2.45, 2.75) is 69.9 Å². The summed E-state index contributed by atoms with van der Waals surface area (Å²) in [7, 11) is 2.91. The van der Waals surface area contributed by atoms with Crippen LogP contribution in [0, 0.1) is 11.8 Å². The lowest BCUT2D eigenvalue weighted by Gasteiger charge is -2.44. The van der Waals surface area contributed by atoms with Crippen LogP contribution in [0.1, 0.15) is 33.6 Å². The van der Waals surface area contributed by atoms with E-state index in [0.717, 1.165) is 0 Å². The Bertz CT molecular complexity index is 656. The van der Waals surface area contributed by atoms with Crippen LogP contribution in [-0.4, -0.2) is 107 Å². The molecule has 4 unspecified atom stereocenters. The second-order valence-electron chi connectivity index (χ2n) is 8.68. The number of carbonyl (C=O) groups is 3. The molecule has 186 valence electrons. The van der Waals surface area contributed by atoms with E-state index in [-0.39, 0.29) is 12.3 Å². The fourth-order valence-corrected chi connectivity index (χ4v) is 3.27. The highest BCUT2D eigenvalue weighted by atomic mass is 16.7. The molecule has 12 heteroatoms. The molecule has 0 aromatic rings. The first-order valence-electron chi connectivity index (χ1n) is 10.4. The molecule has 1 aliphatic heterocycles. The maximum absolute atomic E-state index is 12.4. The molecule has 1 saturated heterocycles. The van der Waals surface area contributed by atoms with Gasteiger partial charge in [-0.25, -0.2) is 4.79 Å². The summed E-state index contributed by atoms with van der Waals surface area (Å²) in [4.78, 5) is 37.0. The lowest BCUT2D eigenvalue weighted by atomic mass is 9.81. The molecule has 32 heavy (non-hydrogen) atoms. The van der Waals surface area contributed by atoms with Crippen LogP contribution in [0.2, 0.25) is 0 Å². The van der Waals surface area contributed by atoms with Gasteiger partial charge in [0.25, 0.3) is 11.7 Å². The number of nitrogens with two attached hydrogens (primary N) is 1. The summed E-state index contributed by atoms with van der Waals surface area (Å²) in [6, 6.07) is -0.870. The number of hydrogen-bond donors (Lipinski definition) is 5. The van der Waals surface area contributed by atoms with Gasteiger partial charge in [-0.3, -0.25) is 9.59 Å². The molecule has 1 heterocycles. The van der Waals surface area contributed by atoms with Gasteiger partial charge in [0.15, 0.2) is 6.61 Å². The average molecular weight is 465 g/mol. The summed E-state index contributed by atoms with van der Waals surface area (Å²) in [5.41, 5.74) is 5.69. The summed E-state index contributed by atoms with van der Waals surface area (Å²) in [6.07, 6.45) is -5.90. The summed E-state index contributed by atoms with van der Waals surface area (Å²) < 4.78 is 15.2. The third-order valence-corrected chi connectivity index (χ3v) is 5.32. The number of nitrogens with zero attached hydrogens (tertiary/aromatic N) is 1. The van der Waals surface area contributed by atoms with Crippen LogP contribution in [0.3, 0.4) is 0 Å². The predicted molar refractivity (Wildman–Crippen MR) is 110 cm³/mol. The summed E-state index contributed by atoms with van der Waals surface area (Å²) >= 11 is 0. The zero-order valence-corrected chi connectivity index (χ0v) is 19.1. The highest BCUT2D eigenvalue weighted by Gasteiger charge is 2.53. The Labute approximate surface area is 187 Å². The Hall–Kier alpha value is -1.83. The van der Waals surface area contributed by atoms with Crippen LogP contribution in [-0.2, 0) is 28.6 Å².